The van der Waals surface area contributed by atoms with Crippen LogP contribution in [0.3, 0.4) is 0 Å². The van der Waals surface area contributed by atoms with E-state index < -0.39 is 34.6 Å². The minimum atomic E-state index is -2.54. The summed E-state index contributed by atoms with van der Waals surface area (Å²) in [5.41, 5.74) is 7.82. The van der Waals surface area contributed by atoms with Crippen molar-refractivity contribution in [1.29, 1.82) is 0 Å². The molecule has 0 aromatic heterocycles. The number of aliphatic hydroxyl groups excluding tert-OH is 1. The summed E-state index contributed by atoms with van der Waals surface area (Å²) in [5, 5.41) is 14.3. The van der Waals surface area contributed by atoms with E-state index in [0.717, 1.165) is 12.0 Å². The van der Waals surface area contributed by atoms with Crippen LogP contribution < -0.4 is 16.0 Å². The molecule has 2 aromatic carbocycles. The quantitative estimate of drug-likeness (QED) is 0.319. The third-order valence-corrected chi connectivity index (χ3v) is 7.85. The van der Waals surface area contributed by atoms with E-state index in [0.29, 0.717) is 24.4 Å². The van der Waals surface area contributed by atoms with Gasteiger partial charge in [0.1, 0.15) is 11.1 Å². The summed E-state index contributed by atoms with van der Waals surface area (Å²) >= 11 is 0. The lowest BCUT2D eigenvalue weighted by Gasteiger charge is -2.32. The fourth-order valence-corrected chi connectivity index (χ4v) is 5.65. The summed E-state index contributed by atoms with van der Waals surface area (Å²) in [4.78, 5) is 14.6. The largest absolute Gasteiger partial charge is 0.443 e. The van der Waals surface area contributed by atoms with Crippen molar-refractivity contribution >= 4 is 32.7 Å². The summed E-state index contributed by atoms with van der Waals surface area (Å²) in [6.07, 6.45) is -1.57. The Morgan fingerprint density at radius 2 is 1.87 bits per heavy atom. The van der Waals surface area contributed by atoms with Crippen molar-refractivity contribution in [3.63, 3.8) is 0 Å². The third kappa shape index (κ3) is 6.84. The van der Waals surface area contributed by atoms with Crippen LogP contribution in [0.5, 0.6) is 0 Å². The first kappa shape index (κ1) is 27.9. The van der Waals surface area contributed by atoms with Crippen LogP contribution in [-0.2, 0) is 30.9 Å². The zero-order valence-electron chi connectivity index (χ0n) is 21.5. The van der Waals surface area contributed by atoms with Crippen molar-refractivity contribution in [1.82, 2.24) is 5.32 Å². The minimum Gasteiger partial charge on any atom is -0.443 e. The number of nitrogens with zero attached hydrogens (tertiary/aromatic N) is 1. The molecular formula is C27H35N3O7S. The molecule has 2 aliphatic heterocycles. The maximum Gasteiger partial charge on any atom is 0.407 e. The molecule has 206 valence electrons. The van der Waals surface area contributed by atoms with Crippen molar-refractivity contribution in [3.05, 3.63) is 60.2 Å². The Balaban J connectivity index is 1.56. The number of hydrogen-bond acceptors (Lipinski definition) is 8. The fraction of sp³-hybridized carbons (Fsp3) is 0.481. The SMILES string of the molecule is CC(C)C(N(C[C@@H](O)[C@H](Cc1ccccc1)NC(=O)O[C@H]1CO[C@H]2OCC[C@H]21)c1ccc(N)cc1)=S(=O)=O. The van der Waals surface area contributed by atoms with E-state index in [4.69, 9.17) is 19.9 Å². The van der Waals surface area contributed by atoms with E-state index in [2.05, 4.69) is 5.32 Å². The molecule has 0 saturated carbocycles. The Bertz CT molecular complexity index is 1210. The molecule has 0 bridgehead atoms. The van der Waals surface area contributed by atoms with Gasteiger partial charge in [-0.1, -0.05) is 44.2 Å². The van der Waals surface area contributed by atoms with E-state index in [9.17, 15) is 18.3 Å². The van der Waals surface area contributed by atoms with Gasteiger partial charge in [-0.2, -0.15) is 8.42 Å². The number of benzene rings is 2. The van der Waals surface area contributed by atoms with E-state index in [1.54, 1.807) is 43.0 Å². The van der Waals surface area contributed by atoms with Gasteiger partial charge in [0.2, 0.25) is 10.3 Å². The van der Waals surface area contributed by atoms with Crippen LogP contribution in [0.15, 0.2) is 54.6 Å². The molecule has 2 saturated heterocycles. The molecule has 38 heavy (non-hydrogen) atoms. The van der Waals surface area contributed by atoms with Gasteiger partial charge in [0.05, 0.1) is 37.8 Å². The molecule has 0 radical (unpaired) electrons. The van der Waals surface area contributed by atoms with Crippen LogP contribution in [0.25, 0.3) is 0 Å². The van der Waals surface area contributed by atoms with Crippen LogP contribution in [0.4, 0.5) is 16.2 Å². The molecule has 11 heteroatoms. The summed E-state index contributed by atoms with van der Waals surface area (Å²) in [6.45, 7) is 4.25. The second-order valence-corrected chi connectivity index (χ2v) is 10.8. The van der Waals surface area contributed by atoms with Crippen LogP contribution >= 0.6 is 0 Å². The molecule has 5 atom stereocenters. The standard InChI is InChI=1S/C27H35N3O7S/c1-17(2)25(38(33)34)30(20-10-8-19(28)9-11-20)15-23(31)22(14-18-6-4-3-5-7-18)29-27(32)37-24-16-36-26-21(24)12-13-35-26/h3-11,17,21-24,26,31H,12-16,28H2,1-2H3,(H,29,32)/t21-,22-,23+,24-,26+/m0/s1. The Hall–Kier alpha value is -3.12. The first-order valence-corrected chi connectivity index (χ1v) is 13.8. The van der Waals surface area contributed by atoms with E-state index >= 15 is 0 Å². The lowest BCUT2D eigenvalue weighted by atomic mass is 10.00. The molecule has 4 N–H and O–H groups in total. The van der Waals surface area contributed by atoms with Crippen LogP contribution in [0.2, 0.25) is 0 Å². The number of fused-ring (bicyclic) bond motifs is 1. The lowest BCUT2D eigenvalue weighted by molar-refractivity contribution is -0.0907. The minimum absolute atomic E-state index is 0.0190. The van der Waals surface area contributed by atoms with Crippen molar-refractivity contribution in [3.8, 4) is 0 Å². The van der Waals surface area contributed by atoms with Gasteiger partial charge in [-0.05, 0) is 42.7 Å². The van der Waals surface area contributed by atoms with Gasteiger partial charge in [-0.15, -0.1) is 0 Å². The van der Waals surface area contributed by atoms with Crippen molar-refractivity contribution in [2.45, 2.75) is 51.2 Å². The smallest absolute Gasteiger partial charge is 0.407 e. The monoisotopic (exact) mass is 545 g/mol. The number of anilines is 2. The summed E-state index contributed by atoms with van der Waals surface area (Å²) in [7, 11) is -2.54. The predicted molar refractivity (Wildman–Crippen MR) is 144 cm³/mol. The van der Waals surface area contributed by atoms with E-state index in [-0.39, 0.29) is 36.3 Å². The second-order valence-electron chi connectivity index (χ2n) is 9.91. The number of carbonyl (C=O) groups excluding carboxylic acids is 1. The maximum absolute atomic E-state index is 13.0. The highest BCUT2D eigenvalue weighted by Gasteiger charge is 2.44. The number of nitrogens with one attached hydrogen (secondary N) is 1. The Morgan fingerprint density at radius 3 is 2.53 bits per heavy atom. The number of hydrogen-bond donors (Lipinski definition) is 3. The normalized spacial score (nSPS) is 21.9. The third-order valence-electron chi connectivity index (χ3n) is 6.81. The molecule has 2 fully saturated rings. The number of nitrogen functional groups attached to an aromatic ring is 1. The van der Waals surface area contributed by atoms with Gasteiger partial charge < -0.3 is 35.3 Å². The number of ether oxygens (including phenoxy) is 3. The zero-order chi connectivity index (χ0) is 27.2. The van der Waals surface area contributed by atoms with Gasteiger partial charge in [-0.3, -0.25) is 0 Å². The first-order valence-electron chi connectivity index (χ1n) is 12.7. The highest BCUT2D eigenvalue weighted by molar-refractivity contribution is 7.73. The number of amides is 1. The van der Waals surface area contributed by atoms with E-state index in [1.807, 2.05) is 30.3 Å². The van der Waals surface area contributed by atoms with Crippen molar-refractivity contribution in [2.24, 2.45) is 11.8 Å². The number of alkyl carbamates (subject to hydrolysis) is 1. The number of aliphatic hydroxyl groups is 1. The molecule has 0 unspecified atom stereocenters. The molecule has 2 aromatic rings. The number of nitrogens with two attached hydrogens (primary N) is 1. The van der Waals surface area contributed by atoms with Crippen molar-refractivity contribution < 1.29 is 32.5 Å². The Morgan fingerprint density at radius 1 is 1.16 bits per heavy atom. The molecule has 1 amide bonds. The highest BCUT2D eigenvalue weighted by atomic mass is 32.2. The molecule has 2 heterocycles. The summed E-state index contributed by atoms with van der Waals surface area (Å²) < 4.78 is 41.2. The molecule has 0 aliphatic carbocycles. The molecule has 2 aliphatic rings. The van der Waals surface area contributed by atoms with Crippen LogP contribution in [-0.4, -0.2) is 68.9 Å². The Labute approximate surface area is 224 Å². The Kier molecular flexibility index (Phi) is 9.26. The highest BCUT2D eigenvalue weighted by Crippen LogP contribution is 2.33. The number of carbonyl (C=O) groups is 1. The van der Waals surface area contributed by atoms with Gasteiger partial charge in [-0.25, -0.2) is 4.79 Å². The second kappa shape index (κ2) is 12.6. The van der Waals surface area contributed by atoms with Crippen molar-refractivity contribution in [2.75, 3.05) is 30.4 Å². The van der Waals surface area contributed by atoms with Gasteiger partial charge in [0.15, 0.2) is 6.29 Å². The lowest BCUT2D eigenvalue weighted by Crippen LogP contribution is -2.52. The van der Waals surface area contributed by atoms with Gasteiger partial charge in [0.25, 0.3) is 0 Å². The predicted octanol–water partition coefficient (Wildman–Crippen LogP) is 2.20. The molecule has 10 nitrogen and oxygen atoms in total. The van der Waals surface area contributed by atoms with Gasteiger partial charge >= 0.3 is 6.09 Å². The average molecular weight is 546 g/mol. The van der Waals surface area contributed by atoms with Gasteiger partial charge in [0, 0.05) is 17.3 Å². The van der Waals surface area contributed by atoms with Crippen LogP contribution in [0, 0.1) is 11.8 Å². The summed E-state index contributed by atoms with van der Waals surface area (Å²) in [5.74, 6) is -0.373. The first-order chi connectivity index (χ1) is 18.2. The molecular weight excluding hydrogens is 510 g/mol. The topological polar surface area (TPSA) is 140 Å². The molecule has 4 rings (SSSR count). The summed E-state index contributed by atoms with van der Waals surface area (Å²) in [6, 6.07) is 15.4. The fourth-order valence-electron chi connectivity index (χ4n) is 4.91. The average Bonchev–Trinajstić information content (AvgIpc) is 3.49. The number of rotatable bonds is 9. The van der Waals surface area contributed by atoms with E-state index in [1.165, 1.54) is 0 Å². The maximum atomic E-state index is 13.0. The zero-order valence-corrected chi connectivity index (χ0v) is 22.3. The van der Waals surface area contributed by atoms with Crippen LogP contribution in [0.1, 0.15) is 25.8 Å². The molecule has 0 spiro atoms.